The van der Waals surface area contributed by atoms with Gasteiger partial charge in [-0.2, -0.15) is 0 Å². The Morgan fingerprint density at radius 3 is 2.72 bits per heavy atom. The van der Waals surface area contributed by atoms with E-state index < -0.39 is 0 Å². The standard InChI is InChI=1S/C14H25N3S/c1-4-16-13(9-12-10-15-11-18-12)14(2,3)17-7-5-6-8-17/h10-11,13,16H,4-9H2,1-3H3. The maximum absolute atomic E-state index is 4.19. The van der Waals surface area contributed by atoms with E-state index in [0.717, 1.165) is 13.0 Å². The largest absolute Gasteiger partial charge is 0.312 e. The molecule has 0 spiro atoms. The first-order valence-electron chi connectivity index (χ1n) is 7.00. The second-order valence-corrected chi connectivity index (χ2v) is 6.60. The molecule has 102 valence electrons. The molecule has 1 aliphatic heterocycles. The zero-order valence-electron chi connectivity index (χ0n) is 11.8. The lowest BCUT2D eigenvalue weighted by Gasteiger charge is -2.42. The highest BCUT2D eigenvalue weighted by molar-refractivity contribution is 7.09. The van der Waals surface area contributed by atoms with Crippen LogP contribution in [0.5, 0.6) is 0 Å². The molecule has 1 fully saturated rings. The van der Waals surface area contributed by atoms with Gasteiger partial charge in [-0.15, -0.1) is 11.3 Å². The Balaban J connectivity index is 2.07. The van der Waals surface area contributed by atoms with Crippen molar-refractivity contribution < 1.29 is 0 Å². The molecule has 1 aromatic heterocycles. The molecule has 1 unspecified atom stereocenters. The zero-order chi connectivity index (χ0) is 13.0. The van der Waals surface area contributed by atoms with E-state index in [2.05, 4.69) is 36.0 Å². The maximum Gasteiger partial charge on any atom is 0.0794 e. The molecule has 0 amide bonds. The van der Waals surface area contributed by atoms with Gasteiger partial charge in [-0.25, -0.2) is 0 Å². The van der Waals surface area contributed by atoms with E-state index in [1.54, 1.807) is 11.3 Å². The van der Waals surface area contributed by atoms with Crippen LogP contribution in [0.25, 0.3) is 0 Å². The molecule has 2 heterocycles. The van der Waals surface area contributed by atoms with Gasteiger partial charge >= 0.3 is 0 Å². The molecule has 0 saturated carbocycles. The molecule has 3 nitrogen and oxygen atoms in total. The van der Waals surface area contributed by atoms with Crippen LogP contribution < -0.4 is 5.32 Å². The van der Waals surface area contributed by atoms with Gasteiger partial charge < -0.3 is 5.32 Å². The summed E-state index contributed by atoms with van der Waals surface area (Å²) in [7, 11) is 0. The summed E-state index contributed by atoms with van der Waals surface area (Å²) in [6, 6.07) is 0.501. The second kappa shape index (κ2) is 6.13. The Hall–Kier alpha value is -0.450. The van der Waals surface area contributed by atoms with Gasteiger partial charge in [0, 0.05) is 29.1 Å². The third-order valence-corrected chi connectivity index (χ3v) is 4.92. The quantitative estimate of drug-likeness (QED) is 0.858. The Morgan fingerprint density at radius 2 is 2.17 bits per heavy atom. The van der Waals surface area contributed by atoms with Crippen LogP contribution in [0, 0.1) is 0 Å². The minimum atomic E-state index is 0.219. The van der Waals surface area contributed by atoms with Crippen LogP contribution in [-0.4, -0.2) is 41.1 Å². The van der Waals surface area contributed by atoms with Crippen LogP contribution in [0.4, 0.5) is 0 Å². The highest BCUT2D eigenvalue weighted by atomic mass is 32.1. The number of thiazole rings is 1. The summed E-state index contributed by atoms with van der Waals surface area (Å²) < 4.78 is 0. The number of hydrogen-bond donors (Lipinski definition) is 1. The molecule has 0 radical (unpaired) electrons. The van der Waals surface area contributed by atoms with Crippen molar-refractivity contribution in [3.05, 3.63) is 16.6 Å². The first-order chi connectivity index (χ1) is 8.64. The first kappa shape index (κ1) is 14.0. The lowest BCUT2D eigenvalue weighted by molar-refractivity contribution is 0.107. The van der Waals surface area contributed by atoms with Crippen molar-refractivity contribution in [1.29, 1.82) is 0 Å². The third-order valence-electron chi connectivity index (χ3n) is 4.11. The molecular weight excluding hydrogens is 242 g/mol. The van der Waals surface area contributed by atoms with Crippen molar-refractivity contribution in [1.82, 2.24) is 15.2 Å². The van der Waals surface area contributed by atoms with E-state index >= 15 is 0 Å². The number of aromatic nitrogens is 1. The Labute approximate surface area is 115 Å². The fraction of sp³-hybridized carbons (Fsp3) is 0.786. The average molecular weight is 267 g/mol. The summed E-state index contributed by atoms with van der Waals surface area (Å²) in [5.41, 5.74) is 2.15. The molecule has 1 N–H and O–H groups in total. The molecule has 2 rings (SSSR count). The maximum atomic E-state index is 4.19. The molecule has 1 aromatic rings. The molecule has 1 aliphatic rings. The lowest BCUT2D eigenvalue weighted by atomic mass is 9.89. The van der Waals surface area contributed by atoms with Gasteiger partial charge in [-0.1, -0.05) is 6.92 Å². The number of nitrogens with zero attached hydrogens (tertiary/aromatic N) is 2. The van der Waals surface area contributed by atoms with Crippen LogP contribution in [0.2, 0.25) is 0 Å². The van der Waals surface area contributed by atoms with Gasteiger partial charge in [0.1, 0.15) is 0 Å². The summed E-state index contributed by atoms with van der Waals surface area (Å²) in [5.74, 6) is 0. The van der Waals surface area contributed by atoms with E-state index in [1.807, 2.05) is 11.7 Å². The summed E-state index contributed by atoms with van der Waals surface area (Å²) in [6.07, 6.45) is 5.79. The molecule has 4 heteroatoms. The summed E-state index contributed by atoms with van der Waals surface area (Å²) in [6.45, 7) is 10.5. The van der Waals surface area contributed by atoms with E-state index in [9.17, 15) is 0 Å². The zero-order valence-corrected chi connectivity index (χ0v) is 12.6. The normalized spacial score (nSPS) is 19.3. The fourth-order valence-corrected chi connectivity index (χ4v) is 3.52. The van der Waals surface area contributed by atoms with Crippen molar-refractivity contribution in [2.45, 2.75) is 51.6 Å². The van der Waals surface area contributed by atoms with E-state index in [1.165, 1.54) is 30.8 Å². The molecule has 18 heavy (non-hydrogen) atoms. The molecule has 1 atom stereocenters. The number of likely N-dealkylation sites (tertiary alicyclic amines) is 1. The predicted octanol–water partition coefficient (Wildman–Crippen LogP) is 2.54. The predicted molar refractivity (Wildman–Crippen MR) is 78.2 cm³/mol. The van der Waals surface area contributed by atoms with Crippen molar-refractivity contribution >= 4 is 11.3 Å². The average Bonchev–Trinajstić information content (AvgIpc) is 3.01. The number of rotatable bonds is 6. The topological polar surface area (TPSA) is 28.2 Å². The van der Waals surface area contributed by atoms with Crippen LogP contribution in [0.3, 0.4) is 0 Å². The smallest absolute Gasteiger partial charge is 0.0794 e. The lowest BCUT2D eigenvalue weighted by Crippen LogP contribution is -2.57. The van der Waals surface area contributed by atoms with Crippen molar-refractivity contribution in [2.24, 2.45) is 0 Å². The van der Waals surface area contributed by atoms with E-state index in [4.69, 9.17) is 0 Å². The highest BCUT2D eigenvalue weighted by Crippen LogP contribution is 2.27. The van der Waals surface area contributed by atoms with Crippen LogP contribution >= 0.6 is 11.3 Å². The van der Waals surface area contributed by atoms with E-state index in [-0.39, 0.29) is 5.54 Å². The van der Waals surface area contributed by atoms with Crippen molar-refractivity contribution in [3.8, 4) is 0 Å². The van der Waals surface area contributed by atoms with Gasteiger partial charge in [0.15, 0.2) is 0 Å². The minimum Gasteiger partial charge on any atom is -0.312 e. The van der Waals surface area contributed by atoms with Crippen molar-refractivity contribution in [2.75, 3.05) is 19.6 Å². The monoisotopic (exact) mass is 267 g/mol. The van der Waals surface area contributed by atoms with Gasteiger partial charge in [-0.3, -0.25) is 9.88 Å². The second-order valence-electron chi connectivity index (χ2n) is 5.63. The Kier molecular flexibility index (Phi) is 4.76. The minimum absolute atomic E-state index is 0.219. The molecular formula is C14H25N3S. The SMILES string of the molecule is CCNC(Cc1cncs1)C(C)(C)N1CCCC1. The van der Waals surface area contributed by atoms with E-state index in [0.29, 0.717) is 6.04 Å². The number of hydrogen-bond acceptors (Lipinski definition) is 4. The number of nitrogens with one attached hydrogen (secondary N) is 1. The van der Waals surface area contributed by atoms with Crippen LogP contribution in [-0.2, 0) is 6.42 Å². The summed E-state index contributed by atoms with van der Waals surface area (Å²) in [5, 5.41) is 3.68. The molecule has 0 aromatic carbocycles. The first-order valence-corrected chi connectivity index (χ1v) is 7.88. The Morgan fingerprint density at radius 1 is 1.44 bits per heavy atom. The fourth-order valence-electron chi connectivity index (χ4n) is 2.88. The Bertz CT molecular complexity index is 342. The van der Waals surface area contributed by atoms with Gasteiger partial charge in [0.05, 0.1) is 5.51 Å². The van der Waals surface area contributed by atoms with Crippen molar-refractivity contribution in [3.63, 3.8) is 0 Å². The van der Waals surface area contributed by atoms with Gasteiger partial charge in [0.25, 0.3) is 0 Å². The van der Waals surface area contributed by atoms with Gasteiger partial charge in [0.2, 0.25) is 0 Å². The van der Waals surface area contributed by atoms with Crippen LogP contribution in [0.1, 0.15) is 38.5 Å². The summed E-state index contributed by atoms with van der Waals surface area (Å²) in [4.78, 5) is 8.21. The molecule has 1 saturated heterocycles. The van der Waals surface area contributed by atoms with Gasteiger partial charge in [-0.05, 0) is 46.3 Å². The number of likely N-dealkylation sites (N-methyl/N-ethyl adjacent to an activating group) is 1. The molecule has 0 aliphatic carbocycles. The highest BCUT2D eigenvalue weighted by Gasteiger charge is 2.36. The third kappa shape index (κ3) is 3.11. The van der Waals surface area contributed by atoms with Crippen LogP contribution in [0.15, 0.2) is 11.7 Å². The summed E-state index contributed by atoms with van der Waals surface area (Å²) >= 11 is 1.77. The molecule has 0 bridgehead atoms.